The third kappa shape index (κ3) is 5.57. The van der Waals surface area contributed by atoms with Crippen LogP contribution in [0.2, 0.25) is 0 Å². The highest BCUT2D eigenvalue weighted by Gasteiger charge is 2.16. The molecule has 0 aromatic heterocycles. The van der Waals surface area contributed by atoms with Crippen molar-refractivity contribution in [2.75, 3.05) is 33.4 Å². The lowest BCUT2D eigenvalue weighted by Crippen LogP contribution is -2.39. The number of carbonyl (C=O) groups excluding carboxylic acids is 1. The Morgan fingerprint density at radius 3 is 2.65 bits per heavy atom. The molecule has 0 aliphatic carbocycles. The Bertz CT molecular complexity index is 423. The van der Waals surface area contributed by atoms with Crippen LogP contribution in [-0.4, -0.2) is 44.2 Å². The number of nitrogens with zero attached hydrogens (tertiary/aromatic N) is 1. The van der Waals surface area contributed by atoms with Crippen molar-refractivity contribution in [3.05, 3.63) is 30.1 Å². The van der Waals surface area contributed by atoms with E-state index in [0.717, 1.165) is 0 Å². The fourth-order valence-corrected chi connectivity index (χ4v) is 1.75. The molecule has 0 N–H and O–H groups in total. The van der Waals surface area contributed by atoms with Gasteiger partial charge >= 0.3 is 0 Å². The van der Waals surface area contributed by atoms with Crippen LogP contribution in [0.5, 0.6) is 5.75 Å². The van der Waals surface area contributed by atoms with Crippen molar-refractivity contribution in [1.29, 1.82) is 0 Å². The Morgan fingerprint density at radius 2 is 2.05 bits per heavy atom. The second-order valence-corrected chi connectivity index (χ2v) is 4.95. The summed E-state index contributed by atoms with van der Waals surface area (Å²) in [7, 11) is 1.59. The molecular formula is C15H22FNO3. The maximum Gasteiger partial charge on any atom is 0.260 e. The van der Waals surface area contributed by atoms with Crippen LogP contribution in [0.25, 0.3) is 0 Å². The monoisotopic (exact) mass is 283 g/mol. The van der Waals surface area contributed by atoms with E-state index in [1.165, 1.54) is 12.1 Å². The summed E-state index contributed by atoms with van der Waals surface area (Å²) in [5.74, 6) is -0.187. The van der Waals surface area contributed by atoms with E-state index in [1.807, 2.05) is 13.8 Å². The van der Waals surface area contributed by atoms with Gasteiger partial charge in [-0.25, -0.2) is 4.39 Å². The Morgan fingerprint density at radius 1 is 1.35 bits per heavy atom. The zero-order valence-corrected chi connectivity index (χ0v) is 12.3. The summed E-state index contributed by atoms with van der Waals surface area (Å²) in [6.45, 7) is 5.50. The SMILES string of the molecule is COCCN(CC(C)C)C(=O)COc1ccccc1F. The van der Waals surface area contributed by atoms with E-state index in [1.54, 1.807) is 24.1 Å². The number of benzene rings is 1. The van der Waals surface area contributed by atoms with Crippen LogP contribution >= 0.6 is 0 Å². The van der Waals surface area contributed by atoms with E-state index < -0.39 is 5.82 Å². The molecule has 112 valence electrons. The van der Waals surface area contributed by atoms with Gasteiger partial charge in [0.2, 0.25) is 0 Å². The molecule has 0 bridgehead atoms. The minimum atomic E-state index is -0.465. The van der Waals surface area contributed by atoms with Gasteiger partial charge in [-0.2, -0.15) is 0 Å². The second-order valence-electron chi connectivity index (χ2n) is 4.95. The van der Waals surface area contributed by atoms with E-state index in [2.05, 4.69) is 0 Å². The summed E-state index contributed by atoms with van der Waals surface area (Å²) in [5.41, 5.74) is 0. The molecule has 0 unspecified atom stereocenters. The molecule has 1 aromatic carbocycles. The number of carbonyl (C=O) groups is 1. The molecule has 4 nitrogen and oxygen atoms in total. The van der Waals surface area contributed by atoms with Gasteiger partial charge in [0, 0.05) is 20.2 Å². The molecule has 0 atom stereocenters. The Hall–Kier alpha value is -1.62. The Kier molecular flexibility index (Phi) is 7.01. The van der Waals surface area contributed by atoms with Gasteiger partial charge in [-0.3, -0.25) is 4.79 Å². The lowest BCUT2D eigenvalue weighted by molar-refractivity contribution is -0.134. The highest BCUT2D eigenvalue weighted by Crippen LogP contribution is 2.15. The topological polar surface area (TPSA) is 38.8 Å². The van der Waals surface area contributed by atoms with Crippen LogP contribution < -0.4 is 4.74 Å². The molecule has 0 spiro atoms. The molecule has 0 fully saturated rings. The number of rotatable bonds is 8. The predicted octanol–water partition coefficient (Wildman–Crippen LogP) is 2.34. The van der Waals surface area contributed by atoms with Gasteiger partial charge in [0.05, 0.1) is 6.61 Å². The van der Waals surface area contributed by atoms with Crippen molar-refractivity contribution in [1.82, 2.24) is 4.90 Å². The Labute approximate surface area is 119 Å². The number of methoxy groups -OCH3 is 1. The number of halogens is 1. The number of para-hydroxylation sites is 1. The number of hydrogen-bond acceptors (Lipinski definition) is 3. The summed E-state index contributed by atoms with van der Waals surface area (Å²) in [5, 5.41) is 0. The molecule has 0 aliphatic rings. The first kappa shape index (κ1) is 16.4. The average molecular weight is 283 g/mol. The first-order valence-corrected chi connectivity index (χ1v) is 6.68. The van der Waals surface area contributed by atoms with Crippen LogP contribution in [0.1, 0.15) is 13.8 Å². The molecule has 0 radical (unpaired) electrons. The first-order valence-electron chi connectivity index (χ1n) is 6.68. The van der Waals surface area contributed by atoms with Crippen molar-refractivity contribution < 1.29 is 18.7 Å². The van der Waals surface area contributed by atoms with Gasteiger partial charge in [0.25, 0.3) is 5.91 Å². The van der Waals surface area contributed by atoms with Crippen LogP contribution in [0.15, 0.2) is 24.3 Å². The van der Waals surface area contributed by atoms with Gasteiger partial charge in [-0.15, -0.1) is 0 Å². The van der Waals surface area contributed by atoms with Gasteiger partial charge in [-0.1, -0.05) is 26.0 Å². The predicted molar refractivity (Wildman–Crippen MR) is 75.2 cm³/mol. The van der Waals surface area contributed by atoms with E-state index in [-0.39, 0.29) is 18.3 Å². The summed E-state index contributed by atoms with van der Waals surface area (Å²) in [6.07, 6.45) is 0. The van der Waals surface area contributed by atoms with E-state index in [9.17, 15) is 9.18 Å². The van der Waals surface area contributed by atoms with Crippen molar-refractivity contribution in [3.63, 3.8) is 0 Å². The summed E-state index contributed by atoms with van der Waals surface area (Å²) in [4.78, 5) is 13.8. The summed E-state index contributed by atoms with van der Waals surface area (Å²) >= 11 is 0. The van der Waals surface area contributed by atoms with Crippen molar-refractivity contribution in [2.45, 2.75) is 13.8 Å². The zero-order valence-electron chi connectivity index (χ0n) is 12.3. The molecule has 0 saturated heterocycles. The first-order chi connectivity index (χ1) is 9.54. The van der Waals surface area contributed by atoms with Gasteiger partial charge in [0.15, 0.2) is 18.2 Å². The van der Waals surface area contributed by atoms with Crippen molar-refractivity contribution >= 4 is 5.91 Å². The maximum atomic E-state index is 13.4. The summed E-state index contributed by atoms with van der Waals surface area (Å²) in [6, 6.07) is 6.05. The smallest absolute Gasteiger partial charge is 0.260 e. The largest absolute Gasteiger partial charge is 0.481 e. The van der Waals surface area contributed by atoms with E-state index in [0.29, 0.717) is 25.6 Å². The fourth-order valence-electron chi connectivity index (χ4n) is 1.75. The highest BCUT2D eigenvalue weighted by atomic mass is 19.1. The fraction of sp³-hybridized carbons (Fsp3) is 0.533. The maximum absolute atomic E-state index is 13.4. The lowest BCUT2D eigenvalue weighted by Gasteiger charge is -2.24. The quantitative estimate of drug-likeness (QED) is 0.735. The average Bonchev–Trinajstić information content (AvgIpc) is 2.41. The molecule has 1 amide bonds. The van der Waals surface area contributed by atoms with E-state index >= 15 is 0 Å². The standard InChI is InChI=1S/C15H22FNO3/c1-12(2)10-17(8-9-19-3)15(18)11-20-14-7-5-4-6-13(14)16/h4-7,12H,8-11H2,1-3H3. The molecule has 0 heterocycles. The molecular weight excluding hydrogens is 261 g/mol. The molecule has 0 saturated carbocycles. The number of ether oxygens (including phenoxy) is 2. The highest BCUT2D eigenvalue weighted by molar-refractivity contribution is 5.77. The molecule has 1 aromatic rings. The molecule has 20 heavy (non-hydrogen) atoms. The second kappa shape index (κ2) is 8.53. The minimum Gasteiger partial charge on any atom is -0.481 e. The van der Waals surface area contributed by atoms with Crippen molar-refractivity contribution in [2.24, 2.45) is 5.92 Å². The van der Waals surface area contributed by atoms with Crippen LogP contribution in [0.4, 0.5) is 4.39 Å². The zero-order chi connectivity index (χ0) is 15.0. The molecule has 0 aliphatic heterocycles. The molecule has 1 rings (SSSR count). The lowest BCUT2D eigenvalue weighted by atomic mass is 10.2. The van der Waals surface area contributed by atoms with Gasteiger partial charge in [-0.05, 0) is 18.1 Å². The van der Waals surface area contributed by atoms with Gasteiger partial charge < -0.3 is 14.4 Å². The molecule has 5 heteroatoms. The van der Waals surface area contributed by atoms with Gasteiger partial charge in [0.1, 0.15) is 0 Å². The van der Waals surface area contributed by atoms with Crippen LogP contribution in [-0.2, 0) is 9.53 Å². The third-order valence-corrected chi connectivity index (χ3v) is 2.69. The normalized spacial score (nSPS) is 10.7. The third-order valence-electron chi connectivity index (χ3n) is 2.69. The van der Waals surface area contributed by atoms with E-state index in [4.69, 9.17) is 9.47 Å². The number of hydrogen-bond donors (Lipinski definition) is 0. The Balaban J connectivity index is 2.54. The summed E-state index contributed by atoms with van der Waals surface area (Å²) < 4.78 is 23.6. The number of amides is 1. The van der Waals surface area contributed by atoms with Crippen LogP contribution in [0.3, 0.4) is 0 Å². The van der Waals surface area contributed by atoms with Crippen molar-refractivity contribution in [3.8, 4) is 5.75 Å². The minimum absolute atomic E-state index is 0.0945. The van der Waals surface area contributed by atoms with Crippen LogP contribution in [0, 0.1) is 11.7 Å².